The summed E-state index contributed by atoms with van der Waals surface area (Å²) in [6, 6.07) is 70.6. The molecular weight excluding hydrogens is 658 g/mol. The molecule has 0 N–H and O–H groups in total. The first-order chi connectivity index (χ1) is 24.2. The number of halogens is 1. The molecule has 232 valence electrons. The van der Waals surface area contributed by atoms with Crippen LogP contribution in [0, 0.1) is 0 Å². The van der Waals surface area contributed by atoms with Gasteiger partial charge in [0.15, 0.2) is 0 Å². The van der Waals surface area contributed by atoms with Gasteiger partial charge < -0.3 is 4.90 Å². The molecule has 0 atom stereocenters. The summed E-state index contributed by atoms with van der Waals surface area (Å²) in [7, 11) is 0. The minimum Gasteiger partial charge on any atom is -0.310 e. The van der Waals surface area contributed by atoms with E-state index in [2.05, 4.69) is 215 Å². The molecule has 9 rings (SSSR count). The second-order valence-corrected chi connectivity index (χ2v) is 13.4. The van der Waals surface area contributed by atoms with E-state index in [4.69, 9.17) is 0 Å². The first-order valence-electron chi connectivity index (χ1n) is 16.7. The lowest BCUT2D eigenvalue weighted by molar-refractivity contribution is 0.768. The summed E-state index contributed by atoms with van der Waals surface area (Å²) < 4.78 is 1.09. The normalized spacial score (nSPS) is 12.8. The third kappa shape index (κ3) is 4.67. The molecule has 0 aliphatic heterocycles. The van der Waals surface area contributed by atoms with Crippen molar-refractivity contribution in [3.05, 3.63) is 221 Å². The zero-order valence-corrected chi connectivity index (χ0v) is 28.4. The standard InChI is InChI=1S/C47H32BrN/c48-45-27-15-13-24-40(45)38-29-31-46(41-25-11-10-22-37(38)41)49(35-20-8-3-9-21-35)36-28-30-44-42(32-36)39-23-12-14-26-43(39)47(44,33-16-4-1-5-17-33)34-18-6-2-7-19-34/h1-32H. The highest BCUT2D eigenvalue weighted by Gasteiger charge is 2.46. The van der Waals surface area contributed by atoms with Crippen molar-refractivity contribution in [1.29, 1.82) is 0 Å². The molecule has 8 aromatic carbocycles. The van der Waals surface area contributed by atoms with Gasteiger partial charge in [-0.1, -0.05) is 174 Å². The molecule has 1 aliphatic rings. The van der Waals surface area contributed by atoms with Gasteiger partial charge in [0.05, 0.1) is 11.1 Å². The van der Waals surface area contributed by atoms with Gasteiger partial charge in [-0.2, -0.15) is 0 Å². The number of anilines is 3. The summed E-state index contributed by atoms with van der Waals surface area (Å²) in [4.78, 5) is 2.42. The van der Waals surface area contributed by atoms with Crippen LogP contribution in [0.15, 0.2) is 199 Å². The molecule has 0 aromatic heterocycles. The Kier molecular flexibility index (Phi) is 7.25. The van der Waals surface area contributed by atoms with E-state index in [0.29, 0.717) is 0 Å². The largest absolute Gasteiger partial charge is 0.310 e. The van der Waals surface area contributed by atoms with Crippen LogP contribution >= 0.6 is 15.9 Å². The number of nitrogens with zero attached hydrogens (tertiary/aromatic N) is 1. The molecular formula is C47H32BrN. The van der Waals surface area contributed by atoms with Crippen molar-refractivity contribution in [3.8, 4) is 22.3 Å². The predicted molar refractivity (Wildman–Crippen MR) is 209 cm³/mol. The van der Waals surface area contributed by atoms with Gasteiger partial charge in [-0.25, -0.2) is 0 Å². The maximum atomic E-state index is 3.81. The topological polar surface area (TPSA) is 3.24 Å². The Morgan fingerprint density at radius 3 is 1.61 bits per heavy atom. The Bertz CT molecular complexity index is 2410. The number of hydrogen-bond acceptors (Lipinski definition) is 1. The Morgan fingerprint density at radius 2 is 0.918 bits per heavy atom. The average molecular weight is 691 g/mol. The lowest BCUT2D eigenvalue weighted by Gasteiger charge is -2.34. The fraction of sp³-hybridized carbons (Fsp3) is 0.0213. The number of hydrogen-bond donors (Lipinski definition) is 0. The second-order valence-electron chi connectivity index (χ2n) is 12.6. The van der Waals surface area contributed by atoms with Crippen molar-refractivity contribution in [2.45, 2.75) is 5.41 Å². The summed E-state index contributed by atoms with van der Waals surface area (Å²) in [5.74, 6) is 0. The van der Waals surface area contributed by atoms with Crippen LogP contribution in [0.3, 0.4) is 0 Å². The van der Waals surface area contributed by atoms with Crippen molar-refractivity contribution in [1.82, 2.24) is 0 Å². The van der Waals surface area contributed by atoms with Gasteiger partial charge >= 0.3 is 0 Å². The number of para-hydroxylation sites is 1. The molecule has 0 bridgehead atoms. The molecule has 2 heteroatoms. The molecule has 1 nitrogen and oxygen atoms in total. The number of rotatable bonds is 6. The lowest BCUT2D eigenvalue weighted by atomic mass is 9.68. The van der Waals surface area contributed by atoms with E-state index in [0.717, 1.165) is 21.5 Å². The van der Waals surface area contributed by atoms with E-state index >= 15 is 0 Å². The van der Waals surface area contributed by atoms with Crippen LogP contribution in [0.1, 0.15) is 22.3 Å². The molecule has 0 saturated heterocycles. The molecule has 49 heavy (non-hydrogen) atoms. The fourth-order valence-corrected chi connectivity index (χ4v) is 8.47. The SMILES string of the molecule is Brc1ccccc1-c1ccc(N(c2ccccc2)c2ccc3c(c2)-c2ccccc2C3(c2ccccc2)c2ccccc2)c2ccccc12. The highest BCUT2D eigenvalue weighted by atomic mass is 79.9. The molecule has 1 aliphatic carbocycles. The van der Waals surface area contributed by atoms with Crippen molar-refractivity contribution in [2.75, 3.05) is 4.90 Å². The van der Waals surface area contributed by atoms with Crippen LogP contribution in [0.5, 0.6) is 0 Å². The summed E-state index contributed by atoms with van der Waals surface area (Å²) in [5.41, 5.74) is 13.0. The molecule has 0 amide bonds. The number of fused-ring (bicyclic) bond motifs is 4. The Labute approximate surface area is 295 Å². The predicted octanol–water partition coefficient (Wildman–Crippen LogP) is 13.1. The quantitative estimate of drug-likeness (QED) is 0.168. The summed E-state index contributed by atoms with van der Waals surface area (Å²) in [5, 5.41) is 2.41. The van der Waals surface area contributed by atoms with Crippen LogP contribution < -0.4 is 4.90 Å². The van der Waals surface area contributed by atoms with E-state index in [1.165, 1.54) is 55.3 Å². The average Bonchev–Trinajstić information content (AvgIpc) is 3.47. The van der Waals surface area contributed by atoms with E-state index in [1.54, 1.807) is 0 Å². The van der Waals surface area contributed by atoms with E-state index < -0.39 is 5.41 Å². The van der Waals surface area contributed by atoms with Crippen LogP contribution in [0.2, 0.25) is 0 Å². The van der Waals surface area contributed by atoms with Gasteiger partial charge in [-0.3, -0.25) is 0 Å². The monoisotopic (exact) mass is 689 g/mol. The first kappa shape index (κ1) is 29.4. The van der Waals surface area contributed by atoms with Crippen molar-refractivity contribution < 1.29 is 0 Å². The molecule has 0 radical (unpaired) electrons. The molecule has 0 unspecified atom stereocenters. The zero-order valence-electron chi connectivity index (χ0n) is 26.8. The third-order valence-electron chi connectivity index (χ3n) is 10.0. The second kappa shape index (κ2) is 12.1. The lowest BCUT2D eigenvalue weighted by Crippen LogP contribution is -2.28. The third-order valence-corrected chi connectivity index (χ3v) is 10.7. The van der Waals surface area contributed by atoms with Crippen LogP contribution in [-0.2, 0) is 5.41 Å². The van der Waals surface area contributed by atoms with Gasteiger partial charge in [0.25, 0.3) is 0 Å². The molecule has 0 saturated carbocycles. The maximum absolute atomic E-state index is 3.81. The van der Waals surface area contributed by atoms with Gasteiger partial charge in [-0.05, 0) is 86.3 Å². The molecule has 0 heterocycles. The first-order valence-corrected chi connectivity index (χ1v) is 17.5. The summed E-state index contributed by atoms with van der Waals surface area (Å²) in [6.45, 7) is 0. The highest BCUT2D eigenvalue weighted by molar-refractivity contribution is 9.10. The molecule has 8 aromatic rings. The van der Waals surface area contributed by atoms with Gasteiger partial charge in [0.2, 0.25) is 0 Å². The Hall–Kier alpha value is -5.70. The minimum absolute atomic E-state index is 0.429. The number of benzene rings is 8. The Morgan fingerprint density at radius 1 is 0.367 bits per heavy atom. The van der Waals surface area contributed by atoms with Crippen LogP contribution in [0.4, 0.5) is 17.1 Å². The highest BCUT2D eigenvalue weighted by Crippen LogP contribution is 2.57. The Balaban J connectivity index is 1.30. The summed E-state index contributed by atoms with van der Waals surface area (Å²) in [6.07, 6.45) is 0. The van der Waals surface area contributed by atoms with Crippen molar-refractivity contribution in [3.63, 3.8) is 0 Å². The van der Waals surface area contributed by atoms with Crippen molar-refractivity contribution >= 4 is 43.8 Å². The van der Waals surface area contributed by atoms with E-state index in [1.807, 2.05) is 0 Å². The molecule has 0 fully saturated rings. The van der Waals surface area contributed by atoms with Gasteiger partial charge in [-0.15, -0.1) is 0 Å². The smallest absolute Gasteiger partial charge is 0.0713 e. The van der Waals surface area contributed by atoms with Crippen LogP contribution in [-0.4, -0.2) is 0 Å². The zero-order chi connectivity index (χ0) is 32.8. The van der Waals surface area contributed by atoms with Gasteiger partial charge in [0, 0.05) is 21.2 Å². The van der Waals surface area contributed by atoms with E-state index in [-0.39, 0.29) is 0 Å². The maximum Gasteiger partial charge on any atom is 0.0713 e. The fourth-order valence-electron chi connectivity index (χ4n) is 7.97. The minimum atomic E-state index is -0.429. The van der Waals surface area contributed by atoms with Crippen LogP contribution in [0.25, 0.3) is 33.0 Å². The van der Waals surface area contributed by atoms with E-state index in [9.17, 15) is 0 Å². The van der Waals surface area contributed by atoms with Gasteiger partial charge in [0.1, 0.15) is 0 Å². The van der Waals surface area contributed by atoms with Crippen molar-refractivity contribution in [2.24, 2.45) is 0 Å². The summed E-state index contributed by atoms with van der Waals surface area (Å²) >= 11 is 3.81. The molecule has 0 spiro atoms.